The molecule has 184 valence electrons. The van der Waals surface area contributed by atoms with Gasteiger partial charge in [0.15, 0.2) is 0 Å². The number of amides is 2. The Morgan fingerprint density at radius 2 is 1.71 bits per heavy atom. The van der Waals surface area contributed by atoms with Gasteiger partial charge in [0.25, 0.3) is 5.91 Å². The molecule has 0 radical (unpaired) electrons. The van der Waals surface area contributed by atoms with E-state index >= 15 is 0 Å². The molecule has 9 heteroatoms. The fourth-order valence-corrected chi connectivity index (χ4v) is 4.08. The van der Waals surface area contributed by atoms with Gasteiger partial charge in [0.05, 0.1) is 23.4 Å². The van der Waals surface area contributed by atoms with Gasteiger partial charge in [-0.25, -0.2) is 0 Å². The number of carbonyl (C=O) groups is 2. The van der Waals surface area contributed by atoms with Gasteiger partial charge >= 0.3 is 6.18 Å². The fourth-order valence-electron chi connectivity index (χ4n) is 4.08. The highest BCUT2D eigenvalue weighted by Gasteiger charge is 2.30. The van der Waals surface area contributed by atoms with Crippen LogP contribution < -0.4 is 5.32 Å². The van der Waals surface area contributed by atoms with E-state index in [4.69, 9.17) is 0 Å². The first-order chi connectivity index (χ1) is 16.2. The number of nitrogens with one attached hydrogen (secondary N) is 1. The molecule has 3 rings (SSSR count). The van der Waals surface area contributed by atoms with E-state index in [9.17, 15) is 22.8 Å². The molecule has 2 aromatic carbocycles. The van der Waals surface area contributed by atoms with E-state index in [0.29, 0.717) is 50.5 Å². The summed E-state index contributed by atoms with van der Waals surface area (Å²) in [7, 11) is 0. The topological polar surface area (TPSA) is 55.9 Å². The fraction of sp³-hybridized carbons (Fsp3) is 0.440. The van der Waals surface area contributed by atoms with E-state index in [1.165, 1.54) is 12.1 Å². The van der Waals surface area contributed by atoms with Gasteiger partial charge in [-0.05, 0) is 50.6 Å². The lowest BCUT2D eigenvalue weighted by Crippen LogP contribution is -2.42. The van der Waals surface area contributed by atoms with E-state index in [1.54, 1.807) is 34.1 Å². The number of hydrogen-bond donors (Lipinski definition) is 1. The van der Waals surface area contributed by atoms with Crippen LogP contribution in [0, 0.1) is 0 Å². The van der Waals surface area contributed by atoms with Crippen LogP contribution >= 0.6 is 0 Å². The van der Waals surface area contributed by atoms with Gasteiger partial charge in [-0.1, -0.05) is 18.2 Å². The first-order valence-corrected chi connectivity index (χ1v) is 11.6. The summed E-state index contributed by atoms with van der Waals surface area (Å²) in [4.78, 5) is 31.4. The van der Waals surface area contributed by atoms with Crippen LogP contribution in [0.25, 0.3) is 0 Å². The first-order valence-electron chi connectivity index (χ1n) is 11.6. The highest BCUT2D eigenvalue weighted by molar-refractivity contribution is 6.00. The maximum Gasteiger partial charge on any atom is 0.416 e. The van der Waals surface area contributed by atoms with Crippen LogP contribution in [0.5, 0.6) is 0 Å². The van der Waals surface area contributed by atoms with Gasteiger partial charge in [0, 0.05) is 45.0 Å². The number of alkyl halides is 3. The second kappa shape index (κ2) is 11.4. The average Bonchev–Trinajstić information content (AvgIpc) is 3.05. The summed E-state index contributed by atoms with van der Waals surface area (Å²) < 4.78 is 39.2. The Morgan fingerprint density at radius 3 is 2.41 bits per heavy atom. The molecule has 0 aromatic heterocycles. The average molecular weight is 477 g/mol. The Morgan fingerprint density at radius 1 is 0.971 bits per heavy atom. The quantitative estimate of drug-likeness (QED) is 0.641. The van der Waals surface area contributed by atoms with Crippen LogP contribution in [0.1, 0.15) is 36.2 Å². The third-order valence-electron chi connectivity index (χ3n) is 5.98. The van der Waals surface area contributed by atoms with Crippen LogP contribution in [0.4, 0.5) is 24.5 Å². The van der Waals surface area contributed by atoms with Gasteiger partial charge in [0.1, 0.15) is 0 Å². The number of likely N-dealkylation sites (N-methyl/N-ethyl adjacent to an activating group) is 1. The molecular weight excluding hydrogens is 445 g/mol. The zero-order valence-electron chi connectivity index (χ0n) is 19.6. The molecular formula is C25H31F3N4O2. The molecule has 1 N–H and O–H groups in total. The Hall–Kier alpha value is -3.07. The standard InChI is InChI=1S/C25H31F3N4O2/c1-3-31(4-2)23(33)18-30-13-8-14-32(16-15-30)24(34)21-11-5-6-12-22(21)29-20-10-7-9-19(17-20)25(26,27)28/h5-7,9-12,17,29H,3-4,8,13-16,18H2,1-2H3. The summed E-state index contributed by atoms with van der Waals surface area (Å²) >= 11 is 0. The Bertz CT molecular complexity index is 992. The van der Waals surface area contributed by atoms with E-state index in [2.05, 4.69) is 10.2 Å². The predicted molar refractivity (Wildman–Crippen MR) is 126 cm³/mol. The van der Waals surface area contributed by atoms with Crippen molar-refractivity contribution in [1.82, 2.24) is 14.7 Å². The minimum atomic E-state index is -4.45. The van der Waals surface area contributed by atoms with Crippen molar-refractivity contribution in [1.29, 1.82) is 0 Å². The summed E-state index contributed by atoms with van der Waals surface area (Å²) in [6.07, 6.45) is -3.71. The molecule has 1 aliphatic rings. The number of halogens is 3. The largest absolute Gasteiger partial charge is 0.416 e. The van der Waals surface area contributed by atoms with Crippen molar-refractivity contribution in [3.8, 4) is 0 Å². The van der Waals surface area contributed by atoms with Gasteiger partial charge < -0.3 is 15.1 Å². The van der Waals surface area contributed by atoms with Crippen molar-refractivity contribution in [2.75, 3.05) is 51.1 Å². The van der Waals surface area contributed by atoms with Crippen molar-refractivity contribution in [3.63, 3.8) is 0 Å². The second-order valence-corrected chi connectivity index (χ2v) is 8.24. The third kappa shape index (κ3) is 6.50. The molecule has 34 heavy (non-hydrogen) atoms. The number of anilines is 2. The number of para-hydroxylation sites is 1. The molecule has 0 unspecified atom stereocenters. The lowest BCUT2D eigenvalue weighted by atomic mass is 10.1. The molecule has 0 saturated carbocycles. The number of carbonyl (C=O) groups excluding carboxylic acids is 2. The van der Waals surface area contributed by atoms with E-state index in [0.717, 1.165) is 25.1 Å². The van der Waals surface area contributed by atoms with Crippen LogP contribution in [0.2, 0.25) is 0 Å². The second-order valence-electron chi connectivity index (χ2n) is 8.24. The minimum Gasteiger partial charge on any atom is -0.355 e. The molecule has 2 amide bonds. The van der Waals surface area contributed by atoms with Crippen LogP contribution in [-0.4, -0.2) is 72.3 Å². The van der Waals surface area contributed by atoms with Crippen molar-refractivity contribution in [2.45, 2.75) is 26.4 Å². The van der Waals surface area contributed by atoms with Crippen LogP contribution in [0.15, 0.2) is 48.5 Å². The monoisotopic (exact) mass is 476 g/mol. The lowest BCUT2D eigenvalue weighted by Gasteiger charge is -2.25. The minimum absolute atomic E-state index is 0.0837. The number of benzene rings is 2. The van der Waals surface area contributed by atoms with Gasteiger partial charge in [-0.3, -0.25) is 14.5 Å². The Balaban J connectivity index is 1.69. The number of rotatable bonds is 7. The first kappa shape index (κ1) is 25.6. The molecule has 2 aromatic rings. The third-order valence-corrected chi connectivity index (χ3v) is 5.98. The maximum absolute atomic E-state index is 13.3. The highest BCUT2D eigenvalue weighted by atomic mass is 19.4. The van der Waals surface area contributed by atoms with E-state index < -0.39 is 11.7 Å². The number of nitrogens with zero attached hydrogens (tertiary/aromatic N) is 3. The zero-order valence-corrected chi connectivity index (χ0v) is 19.6. The smallest absolute Gasteiger partial charge is 0.355 e. The molecule has 1 heterocycles. The van der Waals surface area contributed by atoms with Crippen molar-refractivity contribution >= 4 is 23.2 Å². The Labute approximate surface area is 198 Å². The van der Waals surface area contributed by atoms with Crippen LogP contribution in [0.3, 0.4) is 0 Å². The van der Waals surface area contributed by atoms with E-state index in [1.807, 2.05) is 13.8 Å². The SMILES string of the molecule is CCN(CC)C(=O)CN1CCCN(C(=O)c2ccccc2Nc2cccc(C(F)(F)F)c2)CC1. The van der Waals surface area contributed by atoms with Crippen molar-refractivity contribution in [3.05, 3.63) is 59.7 Å². The van der Waals surface area contributed by atoms with Gasteiger partial charge in [-0.2, -0.15) is 13.2 Å². The molecule has 0 spiro atoms. The van der Waals surface area contributed by atoms with Gasteiger partial charge in [0.2, 0.25) is 5.91 Å². The van der Waals surface area contributed by atoms with E-state index in [-0.39, 0.29) is 17.5 Å². The lowest BCUT2D eigenvalue weighted by molar-refractivity contribution is -0.137. The highest BCUT2D eigenvalue weighted by Crippen LogP contribution is 2.32. The summed E-state index contributed by atoms with van der Waals surface area (Å²) in [5, 5.41) is 2.97. The molecule has 6 nitrogen and oxygen atoms in total. The van der Waals surface area contributed by atoms with Crippen molar-refractivity contribution < 1.29 is 22.8 Å². The molecule has 1 saturated heterocycles. The van der Waals surface area contributed by atoms with Crippen LogP contribution in [-0.2, 0) is 11.0 Å². The molecule has 1 fully saturated rings. The predicted octanol–water partition coefficient (Wildman–Crippen LogP) is 4.47. The molecule has 0 aliphatic carbocycles. The van der Waals surface area contributed by atoms with Crippen molar-refractivity contribution in [2.24, 2.45) is 0 Å². The molecule has 1 aliphatic heterocycles. The summed E-state index contributed by atoms with van der Waals surface area (Å²) in [6, 6.07) is 11.7. The van der Waals surface area contributed by atoms with Gasteiger partial charge in [-0.15, -0.1) is 0 Å². The maximum atomic E-state index is 13.3. The normalized spacial score (nSPS) is 15.0. The zero-order chi connectivity index (χ0) is 24.7. The summed E-state index contributed by atoms with van der Waals surface area (Å²) in [5.41, 5.74) is 0.345. The molecule has 0 atom stereocenters. The summed E-state index contributed by atoms with van der Waals surface area (Å²) in [6.45, 7) is 7.91. The number of hydrogen-bond acceptors (Lipinski definition) is 4. The summed E-state index contributed by atoms with van der Waals surface area (Å²) in [5.74, 6) is -0.104. The molecule has 0 bridgehead atoms. The Kier molecular flexibility index (Phi) is 8.55.